The Hall–Kier alpha value is -4.18. The molecule has 17 heteroatoms. The number of halogens is 6. The average molecular weight is 706 g/mol. The van der Waals surface area contributed by atoms with Crippen LogP contribution in [0.15, 0.2) is 30.3 Å². The molecular weight excluding hydrogens is 669 g/mol. The first-order chi connectivity index (χ1) is 22.3. The lowest BCUT2D eigenvalue weighted by Crippen LogP contribution is -2.48. The van der Waals surface area contributed by atoms with Crippen LogP contribution in [0, 0.1) is 11.6 Å². The Morgan fingerprint density at radius 3 is 2.27 bits per heavy atom. The third-order valence-electron chi connectivity index (χ3n) is 7.15. The maximum absolute atomic E-state index is 15.2. The average Bonchev–Trinajstić information content (AvgIpc) is 2.98. The van der Waals surface area contributed by atoms with Crippen LogP contribution >= 0.6 is 11.6 Å². The monoisotopic (exact) mass is 705 g/mol. The van der Waals surface area contributed by atoms with Crippen molar-refractivity contribution in [1.82, 2.24) is 15.5 Å². The van der Waals surface area contributed by atoms with Crippen molar-refractivity contribution < 1.29 is 51.0 Å². The van der Waals surface area contributed by atoms with Crippen molar-refractivity contribution in [3.63, 3.8) is 0 Å². The molecule has 0 bridgehead atoms. The Labute approximate surface area is 278 Å². The SMILES string of the molecule is CC(C)(C)OC(=O)N[C@@H](CCC(=O)O)C(=O)NCc1ccc(C(=O)Nc2ccc(Cl)cc2N2CCN(CCC(F)(F)F)CC2)c(F)c1F. The molecule has 2 aromatic carbocycles. The van der Waals surface area contributed by atoms with Crippen molar-refractivity contribution in [3.8, 4) is 0 Å². The van der Waals surface area contributed by atoms with Crippen molar-refractivity contribution >= 4 is 46.9 Å². The number of carboxylic acids is 1. The molecule has 1 heterocycles. The van der Waals surface area contributed by atoms with Gasteiger partial charge >= 0.3 is 18.2 Å². The highest BCUT2D eigenvalue weighted by Gasteiger charge is 2.30. The van der Waals surface area contributed by atoms with Gasteiger partial charge in [-0.3, -0.25) is 19.3 Å². The van der Waals surface area contributed by atoms with Crippen molar-refractivity contribution in [3.05, 3.63) is 58.1 Å². The minimum atomic E-state index is -4.27. The first-order valence-corrected chi connectivity index (χ1v) is 15.3. The lowest BCUT2D eigenvalue weighted by atomic mass is 10.1. The van der Waals surface area contributed by atoms with E-state index in [1.54, 1.807) is 31.7 Å². The van der Waals surface area contributed by atoms with Gasteiger partial charge in [0.25, 0.3) is 5.91 Å². The van der Waals surface area contributed by atoms with E-state index in [4.69, 9.17) is 21.4 Å². The molecule has 0 unspecified atom stereocenters. The van der Waals surface area contributed by atoms with E-state index < -0.39 is 78.3 Å². The molecule has 1 saturated heterocycles. The Bertz CT molecular complexity index is 1500. The van der Waals surface area contributed by atoms with Gasteiger partial charge in [-0.15, -0.1) is 0 Å². The van der Waals surface area contributed by atoms with Crippen molar-refractivity contribution in [2.75, 3.05) is 42.9 Å². The number of carbonyl (C=O) groups is 4. The predicted octanol–water partition coefficient (Wildman–Crippen LogP) is 5.32. The standard InChI is InChI=1S/C31H37ClF5N5O6/c1-30(2,3)48-29(47)40-22(8-9-24(43)44)28(46)38-17-18-4-6-20(26(34)25(18)33)27(45)39-21-7-5-19(32)16-23(21)42-14-12-41(13-15-42)11-10-31(35,36)37/h4-7,16,22H,8-15,17H2,1-3H3,(H,38,46)(H,39,45)(H,40,47)(H,43,44)/t22-/m0/s1. The minimum Gasteiger partial charge on any atom is -0.481 e. The number of alkyl halides is 3. The molecule has 1 aliphatic heterocycles. The van der Waals surface area contributed by atoms with Crippen LogP contribution in [0.25, 0.3) is 0 Å². The maximum atomic E-state index is 15.2. The minimum absolute atomic E-state index is 0.144. The number of amides is 3. The van der Waals surface area contributed by atoms with E-state index in [2.05, 4.69) is 16.0 Å². The topological polar surface area (TPSA) is 140 Å². The summed E-state index contributed by atoms with van der Waals surface area (Å²) in [6, 6.07) is 5.24. The van der Waals surface area contributed by atoms with Gasteiger partial charge in [-0.05, 0) is 51.5 Å². The number of anilines is 2. The highest BCUT2D eigenvalue weighted by atomic mass is 35.5. The molecule has 3 amide bonds. The smallest absolute Gasteiger partial charge is 0.408 e. The van der Waals surface area contributed by atoms with Gasteiger partial charge < -0.3 is 30.7 Å². The Morgan fingerprint density at radius 2 is 1.67 bits per heavy atom. The number of rotatable bonds is 12. The normalized spacial score (nSPS) is 14.6. The number of nitrogens with one attached hydrogen (secondary N) is 3. The summed E-state index contributed by atoms with van der Waals surface area (Å²) in [5, 5.41) is 16.5. The number of hydrogen-bond acceptors (Lipinski definition) is 7. The summed E-state index contributed by atoms with van der Waals surface area (Å²) in [6.45, 7) is 5.37. The number of benzene rings is 2. The fourth-order valence-electron chi connectivity index (χ4n) is 4.75. The van der Waals surface area contributed by atoms with Gasteiger partial charge in [-0.2, -0.15) is 13.2 Å². The van der Waals surface area contributed by atoms with Gasteiger partial charge in [0, 0.05) is 56.3 Å². The van der Waals surface area contributed by atoms with E-state index >= 15 is 8.78 Å². The number of carbonyl (C=O) groups excluding carboxylic acids is 3. The van der Waals surface area contributed by atoms with Crippen LogP contribution < -0.4 is 20.9 Å². The van der Waals surface area contributed by atoms with E-state index in [-0.39, 0.29) is 24.2 Å². The van der Waals surface area contributed by atoms with Crippen LogP contribution in [0.3, 0.4) is 0 Å². The number of alkyl carbamates (subject to hydrolysis) is 1. The van der Waals surface area contributed by atoms with Gasteiger partial charge in [-0.1, -0.05) is 17.7 Å². The van der Waals surface area contributed by atoms with Gasteiger partial charge in [0.2, 0.25) is 5.91 Å². The lowest BCUT2D eigenvalue weighted by molar-refractivity contribution is -0.138. The number of piperazine rings is 1. The zero-order valence-electron chi connectivity index (χ0n) is 26.5. The Morgan fingerprint density at radius 1 is 1.00 bits per heavy atom. The summed E-state index contributed by atoms with van der Waals surface area (Å²) in [6.07, 6.45) is -6.97. The number of carboxylic acid groups (broad SMARTS) is 1. The molecule has 1 fully saturated rings. The fraction of sp³-hybridized carbons (Fsp3) is 0.484. The highest BCUT2D eigenvalue weighted by Crippen LogP contribution is 2.31. The lowest BCUT2D eigenvalue weighted by Gasteiger charge is -2.37. The van der Waals surface area contributed by atoms with Crippen LogP contribution in [-0.4, -0.2) is 84.4 Å². The molecule has 48 heavy (non-hydrogen) atoms. The van der Waals surface area contributed by atoms with E-state index in [0.717, 1.165) is 12.1 Å². The molecule has 0 saturated carbocycles. The van der Waals surface area contributed by atoms with E-state index in [0.29, 0.717) is 36.9 Å². The van der Waals surface area contributed by atoms with Crippen molar-refractivity contribution in [2.45, 2.75) is 64.4 Å². The maximum Gasteiger partial charge on any atom is 0.408 e. The van der Waals surface area contributed by atoms with Crippen molar-refractivity contribution in [1.29, 1.82) is 0 Å². The fourth-order valence-corrected chi connectivity index (χ4v) is 4.92. The van der Waals surface area contributed by atoms with E-state index in [9.17, 15) is 32.3 Å². The third kappa shape index (κ3) is 11.8. The number of aliphatic carboxylic acids is 1. The molecule has 0 radical (unpaired) electrons. The van der Waals surface area contributed by atoms with Crippen LogP contribution in [0.2, 0.25) is 5.02 Å². The first-order valence-electron chi connectivity index (χ1n) is 14.9. The molecular formula is C31H37ClF5N5O6. The molecule has 0 aromatic heterocycles. The second-order valence-corrected chi connectivity index (χ2v) is 12.5. The number of nitrogens with zero attached hydrogens (tertiary/aromatic N) is 2. The molecule has 4 N–H and O–H groups in total. The highest BCUT2D eigenvalue weighted by molar-refractivity contribution is 6.31. The van der Waals surface area contributed by atoms with Gasteiger partial charge in [-0.25, -0.2) is 13.6 Å². The molecule has 1 aliphatic rings. The summed E-state index contributed by atoms with van der Waals surface area (Å²) in [4.78, 5) is 52.5. The largest absolute Gasteiger partial charge is 0.481 e. The number of ether oxygens (including phenoxy) is 1. The molecule has 264 valence electrons. The van der Waals surface area contributed by atoms with Crippen LogP contribution in [0.5, 0.6) is 0 Å². The van der Waals surface area contributed by atoms with Gasteiger partial charge in [0.15, 0.2) is 11.6 Å². The number of hydrogen-bond donors (Lipinski definition) is 4. The summed E-state index contributed by atoms with van der Waals surface area (Å²) in [5.74, 6) is -6.02. The summed E-state index contributed by atoms with van der Waals surface area (Å²) < 4.78 is 73.2. The molecule has 2 aromatic rings. The second kappa shape index (κ2) is 16.3. The molecule has 1 atom stereocenters. The molecule has 0 spiro atoms. The zero-order valence-corrected chi connectivity index (χ0v) is 27.2. The van der Waals surface area contributed by atoms with Gasteiger partial charge in [0.1, 0.15) is 11.6 Å². The summed E-state index contributed by atoms with van der Waals surface area (Å²) in [7, 11) is 0. The van der Waals surface area contributed by atoms with E-state index in [1.807, 2.05) is 4.90 Å². The quantitative estimate of drug-likeness (QED) is 0.218. The second-order valence-electron chi connectivity index (χ2n) is 12.1. The molecule has 11 nitrogen and oxygen atoms in total. The Balaban J connectivity index is 1.68. The third-order valence-corrected chi connectivity index (χ3v) is 7.38. The van der Waals surface area contributed by atoms with Crippen LogP contribution in [0.4, 0.5) is 38.1 Å². The zero-order chi connectivity index (χ0) is 35.8. The van der Waals surface area contributed by atoms with Gasteiger partial charge in [0.05, 0.1) is 23.4 Å². The summed E-state index contributed by atoms with van der Waals surface area (Å²) >= 11 is 6.17. The van der Waals surface area contributed by atoms with Crippen molar-refractivity contribution in [2.24, 2.45) is 0 Å². The molecule has 0 aliphatic carbocycles. The molecule has 3 rings (SSSR count). The first kappa shape index (κ1) is 38.3. The van der Waals surface area contributed by atoms with Crippen LogP contribution in [0.1, 0.15) is 56.0 Å². The van der Waals surface area contributed by atoms with E-state index in [1.165, 1.54) is 12.1 Å². The predicted molar refractivity (Wildman–Crippen MR) is 167 cm³/mol. The Kier molecular flexibility index (Phi) is 13.0. The summed E-state index contributed by atoms with van der Waals surface area (Å²) in [5.41, 5.74) is -1.22. The van der Waals surface area contributed by atoms with Crippen LogP contribution in [-0.2, 0) is 20.9 Å².